The van der Waals surface area contributed by atoms with E-state index in [-0.39, 0.29) is 5.56 Å². The van der Waals surface area contributed by atoms with Crippen LogP contribution in [0.15, 0.2) is 47.4 Å². The molecule has 0 saturated heterocycles. The Hall–Kier alpha value is -2.32. The highest BCUT2D eigenvalue weighted by atomic mass is 79.9. The Morgan fingerprint density at radius 2 is 2.09 bits per heavy atom. The fourth-order valence-corrected chi connectivity index (χ4v) is 2.96. The lowest BCUT2D eigenvalue weighted by Crippen LogP contribution is -2.32. The molecule has 0 atom stereocenters. The van der Waals surface area contributed by atoms with Gasteiger partial charge in [-0.2, -0.15) is 5.26 Å². The van der Waals surface area contributed by atoms with E-state index in [1.165, 1.54) is 0 Å². The van der Waals surface area contributed by atoms with Crippen LogP contribution in [0.4, 0.5) is 0 Å². The van der Waals surface area contributed by atoms with Crippen molar-refractivity contribution in [3.05, 3.63) is 69.6 Å². The van der Waals surface area contributed by atoms with Crippen LogP contribution < -0.4 is 10.3 Å². The van der Waals surface area contributed by atoms with E-state index in [2.05, 4.69) is 22.0 Å². The number of hydrogen-bond donors (Lipinski definition) is 0. The van der Waals surface area contributed by atoms with Crippen molar-refractivity contribution in [3.63, 3.8) is 0 Å². The first-order valence-corrected chi connectivity index (χ1v) is 8.30. The molecule has 4 nitrogen and oxygen atoms in total. The van der Waals surface area contributed by atoms with Crippen molar-refractivity contribution in [2.24, 2.45) is 0 Å². The molecule has 0 saturated carbocycles. The summed E-state index contributed by atoms with van der Waals surface area (Å²) in [6.45, 7) is 3.87. The summed E-state index contributed by atoms with van der Waals surface area (Å²) in [5, 5.41) is 9.77. The van der Waals surface area contributed by atoms with Gasteiger partial charge in [0.1, 0.15) is 11.4 Å². The molecule has 0 unspecified atom stereocenters. The Balaban J connectivity index is 2.23. The maximum absolute atomic E-state index is 12.5. The number of alkyl halides is 1. The molecule has 1 aliphatic heterocycles. The number of nitrogens with zero attached hydrogens (tertiary/aromatic N) is 2. The molecule has 3 rings (SSSR count). The lowest BCUT2D eigenvalue weighted by atomic mass is 9.97. The van der Waals surface area contributed by atoms with E-state index in [4.69, 9.17) is 10.00 Å². The minimum atomic E-state index is -0.538. The van der Waals surface area contributed by atoms with Gasteiger partial charge in [-0.3, -0.25) is 9.36 Å². The fraction of sp³-hybridized carbons (Fsp3) is 0.222. The zero-order chi connectivity index (χ0) is 16.6. The number of halogens is 1. The Morgan fingerprint density at radius 1 is 1.30 bits per heavy atom. The highest BCUT2D eigenvalue weighted by molar-refractivity contribution is 9.08. The Bertz CT molecular complexity index is 904. The van der Waals surface area contributed by atoms with Crippen LogP contribution in [0.25, 0.3) is 5.70 Å². The molecule has 2 heterocycles. The van der Waals surface area contributed by atoms with Gasteiger partial charge in [-0.15, -0.1) is 0 Å². The largest absolute Gasteiger partial charge is 0.483 e. The molecule has 0 amide bonds. The van der Waals surface area contributed by atoms with Gasteiger partial charge < -0.3 is 4.74 Å². The molecule has 0 N–H and O–H groups in total. The predicted molar refractivity (Wildman–Crippen MR) is 92.6 cm³/mol. The van der Waals surface area contributed by atoms with E-state index in [9.17, 15) is 4.79 Å². The third-order valence-corrected chi connectivity index (χ3v) is 4.29. The third kappa shape index (κ3) is 2.95. The van der Waals surface area contributed by atoms with Gasteiger partial charge in [-0.05, 0) is 49.8 Å². The van der Waals surface area contributed by atoms with Crippen molar-refractivity contribution in [1.29, 1.82) is 5.26 Å². The molecule has 5 heteroatoms. The van der Waals surface area contributed by atoms with E-state index in [0.717, 1.165) is 16.8 Å². The number of fused-ring (bicyclic) bond motifs is 1. The molecule has 2 aromatic rings. The summed E-state index contributed by atoms with van der Waals surface area (Å²) >= 11 is 3.36. The van der Waals surface area contributed by atoms with Crippen molar-refractivity contribution >= 4 is 21.6 Å². The van der Waals surface area contributed by atoms with Crippen LogP contribution in [0.2, 0.25) is 0 Å². The first-order valence-electron chi connectivity index (χ1n) is 7.18. The van der Waals surface area contributed by atoms with Crippen molar-refractivity contribution in [2.75, 3.05) is 0 Å². The molecule has 1 aliphatic rings. The van der Waals surface area contributed by atoms with Gasteiger partial charge in [-0.1, -0.05) is 15.9 Å². The Morgan fingerprint density at radius 3 is 2.74 bits per heavy atom. The average Bonchev–Trinajstić information content (AvgIpc) is 2.53. The second-order valence-electron chi connectivity index (χ2n) is 5.93. The van der Waals surface area contributed by atoms with E-state index >= 15 is 0 Å². The summed E-state index contributed by atoms with van der Waals surface area (Å²) in [6, 6.07) is 10.9. The van der Waals surface area contributed by atoms with Gasteiger partial charge in [0.25, 0.3) is 5.56 Å². The fourth-order valence-electron chi connectivity index (χ4n) is 2.61. The maximum Gasteiger partial charge on any atom is 0.255 e. The summed E-state index contributed by atoms with van der Waals surface area (Å²) in [4.78, 5) is 12.5. The number of hydrogen-bond acceptors (Lipinski definition) is 3. The first kappa shape index (κ1) is 15.6. The maximum atomic E-state index is 12.5. The van der Waals surface area contributed by atoms with Gasteiger partial charge in [0.05, 0.1) is 17.3 Å². The van der Waals surface area contributed by atoms with Crippen molar-refractivity contribution in [2.45, 2.75) is 24.8 Å². The van der Waals surface area contributed by atoms with Gasteiger partial charge in [0, 0.05) is 23.2 Å². The predicted octanol–water partition coefficient (Wildman–Crippen LogP) is 3.68. The van der Waals surface area contributed by atoms with Crippen LogP contribution in [0.1, 0.15) is 30.5 Å². The molecular formula is C18H15BrN2O2. The van der Waals surface area contributed by atoms with Crippen LogP contribution in [0, 0.1) is 11.3 Å². The molecule has 0 fully saturated rings. The lowest BCUT2D eigenvalue weighted by molar-refractivity contribution is 0.157. The van der Waals surface area contributed by atoms with Gasteiger partial charge >= 0.3 is 0 Å². The molecule has 23 heavy (non-hydrogen) atoms. The molecule has 0 spiro atoms. The molecule has 1 aromatic heterocycles. The van der Waals surface area contributed by atoms with Crippen LogP contribution >= 0.6 is 15.9 Å². The Labute approximate surface area is 142 Å². The van der Waals surface area contributed by atoms with E-state index in [0.29, 0.717) is 16.6 Å². The average molecular weight is 371 g/mol. The monoisotopic (exact) mass is 370 g/mol. The summed E-state index contributed by atoms with van der Waals surface area (Å²) in [7, 11) is 0. The number of benzene rings is 1. The quantitative estimate of drug-likeness (QED) is 0.757. The van der Waals surface area contributed by atoms with Gasteiger partial charge in [-0.25, -0.2) is 0 Å². The molecular weight excluding hydrogens is 356 g/mol. The normalized spacial score (nSPS) is 15.1. The SMILES string of the molecule is CC1(C)C=C(n2ccc(CBr)cc2=O)c2cc(C#N)ccc2O1. The minimum absolute atomic E-state index is 0.112. The van der Waals surface area contributed by atoms with E-state index in [1.54, 1.807) is 35.0 Å². The number of nitriles is 1. The zero-order valence-corrected chi connectivity index (χ0v) is 14.4. The zero-order valence-electron chi connectivity index (χ0n) is 12.8. The summed E-state index contributed by atoms with van der Waals surface area (Å²) < 4.78 is 7.54. The summed E-state index contributed by atoms with van der Waals surface area (Å²) in [5.41, 5.74) is 2.28. The molecule has 116 valence electrons. The number of aromatic nitrogens is 1. The van der Waals surface area contributed by atoms with Gasteiger partial charge in [0.2, 0.25) is 0 Å². The van der Waals surface area contributed by atoms with E-state index < -0.39 is 5.60 Å². The van der Waals surface area contributed by atoms with Crippen LogP contribution in [-0.2, 0) is 5.33 Å². The lowest BCUT2D eigenvalue weighted by Gasteiger charge is -2.31. The molecule has 0 bridgehead atoms. The summed E-state index contributed by atoms with van der Waals surface area (Å²) in [5.74, 6) is 0.669. The second-order valence-corrected chi connectivity index (χ2v) is 6.50. The van der Waals surface area contributed by atoms with Crippen LogP contribution in [0.3, 0.4) is 0 Å². The number of ether oxygens (including phenoxy) is 1. The highest BCUT2D eigenvalue weighted by Gasteiger charge is 2.28. The van der Waals surface area contributed by atoms with Crippen LogP contribution in [0.5, 0.6) is 5.75 Å². The number of pyridine rings is 1. The smallest absolute Gasteiger partial charge is 0.255 e. The van der Waals surface area contributed by atoms with Crippen molar-refractivity contribution in [3.8, 4) is 11.8 Å². The van der Waals surface area contributed by atoms with Crippen molar-refractivity contribution in [1.82, 2.24) is 4.57 Å². The van der Waals surface area contributed by atoms with Crippen molar-refractivity contribution < 1.29 is 4.74 Å². The van der Waals surface area contributed by atoms with Crippen LogP contribution in [-0.4, -0.2) is 10.2 Å². The minimum Gasteiger partial charge on any atom is -0.483 e. The van der Waals surface area contributed by atoms with E-state index in [1.807, 2.05) is 26.0 Å². The number of rotatable bonds is 2. The second kappa shape index (κ2) is 5.71. The Kier molecular flexibility index (Phi) is 3.87. The summed E-state index contributed by atoms with van der Waals surface area (Å²) in [6.07, 6.45) is 3.67. The standard InChI is InChI=1S/C18H15BrN2O2/c1-18(2)9-15(21-6-5-12(10-19)8-17(21)22)14-7-13(11-20)3-4-16(14)23-18/h3-9H,10H2,1-2H3. The highest BCUT2D eigenvalue weighted by Crippen LogP contribution is 2.36. The molecule has 1 aromatic carbocycles. The first-order chi connectivity index (χ1) is 10.9. The third-order valence-electron chi connectivity index (χ3n) is 3.64. The van der Waals surface area contributed by atoms with Gasteiger partial charge in [0.15, 0.2) is 0 Å². The topological polar surface area (TPSA) is 55.0 Å². The molecule has 0 radical (unpaired) electrons. The molecule has 0 aliphatic carbocycles.